The van der Waals surface area contributed by atoms with Gasteiger partial charge in [0.05, 0.1) is 18.8 Å². The molecule has 0 aliphatic rings. The van der Waals surface area contributed by atoms with Gasteiger partial charge in [-0.3, -0.25) is 0 Å². The lowest BCUT2D eigenvalue weighted by Gasteiger charge is -2.14. The Hall–Kier alpha value is -2.75. The van der Waals surface area contributed by atoms with Crippen molar-refractivity contribution >= 4 is 17.6 Å². The predicted octanol–water partition coefficient (Wildman–Crippen LogP) is 4.67. The predicted molar refractivity (Wildman–Crippen MR) is 100 cm³/mol. The molecule has 0 aliphatic heterocycles. The van der Waals surface area contributed by atoms with Gasteiger partial charge in [0.1, 0.15) is 0 Å². The van der Waals surface area contributed by atoms with Crippen LogP contribution in [0.5, 0.6) is 11.5 Å². The minimum absolute atomic E-state index is 0.0296. The van der Waals surface area contributed by atoms with E-state index < -0.39 is 5.97 Å². The Bertz CT molecular complexity index is 758. The molecule has 0 aromatic heterocycles. The standard InChI is InChI=1S/C21H24O4/c1-5-15-6-9-17(10-7-15)18(21(22)23)12-16-8-11-19(25-14(2)3)20(13-16)24-4/h6-14H,5H2,1-4H3,(H,22,23)/b18-12-. The van der Waals surface area contributed by atoms with E-state index in [0.717, 1.165) is 12.0 Å². The summed E-state index contributed by atoms with van der Waals surface area (Å²) in [6.45, 7) is 5.95. The number of hydrogen-bond donors (Lipinski definition) is 1. The average molecular weight is 340 g/mol. The maximum absolute atomic E-state index is 11.7. The van der Waals surface area contributed by atoms with Gasteiger partial charge < -0.3 is 14.6 Å². The second-order valence-electron chi connectivity index (χ2n) is 5.99. The van der Waals surface area contributed by atoms with Crippen molar-refractivity contribution < 1.29 is 19.4 Å². The van der Waals surface area contributed by atoms with Crippen molar-refractivity contribution in [2.45, 2.75) is 33.3 Å². The Kier molecular flexibility index (Phi) is 6.23. The summed E-state index contributed by atoms with van der Waals surface area (Å²) in [6.07, 6.45) is 2.59. The molecule has 0 aliphatic carbocycles. The monoisotopic (exact) mass is 340 g/mol. The number of aliphatic carboxylic acids is 1. The summed E-state index contributed by atoms with van der Waals surface area (Å²) in [5, 5.41) is 9.59. The molecule has 2 aromatic rings. The van der Waals surface area contributed by atoms with Crippen LogP contribution in [-0.2, 0) is 11.2 Å². The first-order chi connectivity index (χ1) is 11.9. The van der Waals surface area contributed by atoms with E-state index in [1.807, 2.05) is 44.2 Å². The highest BCUT2D eigenvalue weighted by Gasteiger charge is 2.12. The smallest absolute Gasteiger partial charge is 0.336 e. The maximum Gasteiger partial charge on any atom is 0.336 e. The van der Waals surface area contributed by atoms with Gasteiger partial charge in [0, 0.05) is 0 Å². The number of rotatable bonds is 7. The lowest BCUT2D eigenvalue weighted by Crippen LogP contribution is -2.06. The summed E-state index contributed by atoms with van der Waals surface area (Å²) in [6, 6.07) is 13.0. The molecule has 0 fully saturated rings. The highest BCUT2D eigenvalue weighted by Crippen LogP contribution is 2.30. The zero-order valence-corrected chi connectivity index (χ0v) is 15.1. The van der Waals surface area contributed by atoms with Crippen molar-refractivity contribution in [2.24, 2.45) is 0 Å². The van der Waals surface area contributed by atoms with Crippen LogP contribution in [0.25, 0.3) is 11.6 Å². The minimum Gasteiger partial charge on any atom is -0.493 e. The van der Waals surface area contributed by atoms with Crippen molar-refractivity contribution in [1.29, 1.82) is 0 Å². The van der Waals surface area contributed by atoms with Crippen LogP contribution < -0.4 is 9.47 Å². The molecule has 0 saturated carbocycles. The van der Waals surface area contributed by atoms with Crippen LogP contribution in [-0.4, -0.2) is 24.3 Å². The van der Waals surface area contributed by atoms with Crippen LogP contribution in [0.2, 0.25) is 0 Å². The van der Waals surface area contributed by atoms with Crippen LogP contribution in [0.1, 0.15) is 37.5 Å². The third kappa shape index (κ3) is 4.86. The molecular weight excluding hydrogens is 316 g/mol. The molecule has 0 spiro atoms. The molecule has 2 aromatic carbocycles. The highest BCUT2D eigenvalue weighted by atomic mass is 16.5. The van der Waals surface area contributed by atoms with Gasteiger partial charge in [0.25, 0.3) is 0 Å². The Morgan fingerprint density at radius 1 is 1.12 bits per heavy atom. The van der Waals surface area contributed by atoms with Crippen LogP contribution >= 0.6 is 0 Å². The Morgan fingerprint density at radius 3 is 2.32 bits per heavy atom. The van der Waals surface area contributed by atoms with Gasteiger partial charge in [-0.1, -0.05) is 37.3 Å². The zero-order valence-electron chi connectivity index (χ0n) is 15.1. The largest absolute Gasteiger partial charge is 0.493 e. The third-order valence-corrected chi connectivity index (χ3v) is 3.76. The number of carbonyl (C=O) groups is 1. The first kappa shape index (κ1) is 18.6. The van der Waals surface area contributed by atoms with E-state index in [0.29, 0.717) is 17.1 Å². The molecular formula is C21H24O4. The topological polar surface area (TPSA) is 55.8 Å². The molecule has 0 atom stereocenters. The SMILES string of the molecule is CCc1ccc(/C(=C/c2ccc(OC(C)C)c(OC)c2)C(=O)O)cc1. The van der Waals surface area contributed by atoms with Gasteiger partial charge in [-0.25, -0.2) is 4.79 Å². The van der Waals surface area contributed by atoms with Crippen molar-refractivity contribution in [3.8, 4) is 11.5 Å². The van der Waals surface area contributed by atoms with E-state index in [2.05, 4.69) is 6.92 Å². The minimum atomic E-state index is -0.967. The van der Waals surface area contributed by atoms with Crippen molar-refractivity contribution in [3.05, 3.63) is 59.2 Å². The van der Waals surface area contributed by atoms with Gasteiger partial charge in [-0.2, -0.15) is 0 Å². The first-order valence-electron chi connectivity index (χ1n) is 8.33. The molecule has 4 heteroatoms. The van der Waals surface area contributed by atoms with Gasteiger partial charge in [0.2, 0.25) is 0 Å². The van der Waals surface area contributed by atoms with E-state index in [-0.39, 0.29) is 11.7 Å². The summed E-state index contributed by atoms with van der Waals surface area (Å²) in [7, 11) is 1.57. The van der Waals surface area contributed by atoms with E-state index in [1.165, 1.54) is 5.56 Å². The maximum atomic E-state index is 11.7. The number of carboxylic acid groups (broad SMARTS) is 1. The summed E-state index contributed by atoms with van der Waals surface area (Å²) in [5.41, 5.74) is 2.82. The lowest BCUT2D eigenvalue weighted by atomic mass is 10.0. The Morgan fingerprint density at radius 2 is 1.80 bits per heavy atom. The second kappa shape index (κ2) is 8.38. The summed E-state index contributed by atoms with van der Waals surface area (Å²) in [4.78, 5) is 11.7. The van der Waals surface area contributed by atoms with Crippen LogP contribution in [0.3, 0.4) is 0 Å². The Balaban J connectivity index is 2.41. The van der Waals surface area contributed by atoms with Gasteiger partial charge in [-0.05, 0) is 55.2 Å². The molecule has 25 heavy (non-hydrogen) atoms. The fraction of sp³-hybridized carbons (Fsp3) is 0.286. The zero-order chi connectivity index (χ0) is 18.4. The molecule has 0 amide bonds. The number of aryl methyl sites for hydroxylation is 1. The summed E-state index contributed by atoms with van der Waals surface area (Å²) in [5.74, 6) is 0.248. The normalized spacial score (nSPS) is 11.5. The quantitative estimate of drug-likeness (QED) is 0.588. The summed E-state index contributed by atoms with van der Waals surface area (Å²) < 4.78 is 11.1. The second-order valence-corrected chi connectivity index (χ2v) is 5.99. The van der Waals surface area contributed by atoms with Gasteiger partial charge >= 0.3 is 5.97 Å². The van der Waals surface area contributed by atoms with Crippen molar-refractivity contribution in [1.82, 2.24) is 0 Å². The molecule has 0 unspecified atom stereocenters. The molecule has 132 valence electrons. The molecule has 2 rings (SSSR count). The van der Waals surface area contributed by atoms with Crippen molar-refractivity contribution in [2.75, 3.05) is 7.11 Å². The van der Waals surface area contributed by atoms with Crippen molar-refractivity contribution in [3.63, 3.8) is 0 Å². The molecule has 0 saturated heterocycles. The third-order valence-electron chi connectivity index (χ3n) is 3.76. The van der Waals surface area contributed by atoms with E-state index >= 15 is 0 Å². The molecule has 0 bridgehead atoms. The number of hydrogen-bond acceptors (Lipinski definition) is 3. The molecule has 0 radical (unpaired) electrons. The fourth-order valence-electron chi connectivity index (χ4n) is 2.48. The number of carboxylic acids is 1. The van der Waals surface area contributed by atoms with Gasteiger partial charge in [0.15, 0.2) is 11.5 Å². The Labute approximate surface area is 148 Å². The van der Waals surface area contributed by atoms with Crippen LogP contribution in [0.15, 0.2) is 42.5 Å². The van der Waals surface area contributed by atoms with Crippen LogP contribution in [0, 0.1) is 0 Å². The van der Waals surface area contributed by atoms with Crippen LogP contribution in [0.4, 0.5) is 0 Å². The average Bonchev–Trinajstić information content (AvgIpc) is 2.60. The lowest BCUT2D eigenvalue weighted by molar-refractivity contribution is -0.130. The number of methoxy groups -OCH3 is 1. The van der Waals surface area contributed by atoms with E-state index in [1.54, 1.807) is 25.3 Å². The van der Waals surface area contributed by atoms with E-state index in [9.17, 15) is 9.90 Å². The van der Waals surface area contributed by atoms with E-state index in [4.69, 9.17) is 9.47 Å². The molecule has 1 N–H and O–H groups in total. The molecule has 0 heterocycles. The molecule has 4 nitrogen and oxygen atoms in total. The summed E-state index contributed by atoms with van der Waals surface area (Å²) >= 11 is 0. The number of ether oxygens (including phenoxy) is 2. The fourth-order valence-corrected chi connectivity index (χ4v) is 2.48. The van der Waals surface area contributed by atoms with Gasteiger partial charge in [-0.15, -0.1) is 0 Å². The number of benzene rings is 2. The first-order valence-corrected chi connectivity index (χ1v) is 8.33. The highest BCUT2D eigenvalue weighted by molar-refractivity contribution is 6.20.